The molecule has 0 atom stereocenters. The second-order valence-corrected chi connectivity index (χ2v) is 0. The van der Waals surface area contributed by atoms with Crippen molar-refractivity contribution in [2.45, 2.75) is 0 Å². The van der Waals surface area contributed by atoms with E-state index >= 15 is 0 Å². The van der Waals surface area contributed by atoms with Gasteiger partial charge in [-0.25, -0.2) is 0 Å². The van der Waals surface area contributed by atoms with Crippen LogP contribution in [-0.2, 0) is 51.2 Å². The van der Waals surface area contributed by atoms with Gasteiger partial charge in [-0.1, -0.05) is 0 Å². The smallest absolute Gasteiger partial charge is 2.00 e. The third-order valence-corrected chi connectivity index (χ3v) is 0. The van der Waals surface area contributed by atoms with Crippen molar-refractivity contribution in [2.24, 2.45) is 0 Å². The molecule has 0 unspecified atom stereocenters. The van der Waals surface area contributed by atoms with Crippen LogP contribution in [0.1, 0.15) is 0 Å². The van der Waals surface area contributed by atoms with Crippen molar-refractivity contribution in [1.82, 2.24) is 0 Å². The Balaban J connectivity index is 0. The SMILES string of the molecule is [Al+3].[Al+3].[Cr].[Cr].[O-2].[O-2].[O-2].[P].[P]. The molecule has 3 nitrogen and oxygen atoms in total. The maximum absolute atomic E-state index is 0. The summed E-state index contributed by atoms with van der Waals surface area (Å²) in [7, 11) is 0. The van der Waals surface area contributed by atoms with Crippen molar-refractivity contribution >= 4 is 54.5 Å². The summed E-state index contributed by atoms with van der Waals surface area (Å²) < 4.78 is 0. The zero-order valence-corrected chi connectivity index (χ0v) is 10.7. The van der Waals surface area contributed by atoms with Crippen LogP contribution < -0.4 is 0 Å². The quantitative estimate of drug-likeness (QED) is 0.455. The van der Waals surface area contributed by atoms with Crippen LogP contribution >= 0.6 is 19.8 Å². The average molecular weight is 268 g/mol. The minimum absolute atomic E-state index is 0. The van der Waals surface area contributed by atoms with Gasteiger partial charge in [0, 0.05) is 54.5 Å². The molecule has 0 aliphatic carbocycles. The van der Waals surface area contributed by atoms with Crippen molar-refractivity contribution in [3.63, 3.8) is 0 Å². The van der Waals surface area contributed by atoms with Crippen LogP contribution in [0.2, 0.25) is 0 Å². The van der Waals surface area contributed by atoms with E-state index in [0.717, 1.165) is 0 Å². The monoisotopic (exact) mass is 268 g/mol. The second-order valence-electron chi connectivity index (χ2n) is 0. The molecule has 0 aliphatic heterocycles. The van der Waals surface area contributed by atoms with E-state index in [-0.39, 0.29) is 106 Å². The van der Waals surface area contributed by atoms with Gasteiger partial charge in [-0.3, -0.25) is 0 Å². The first-order chi connectivity index (χ1) is 0. The molecule has 0 fully saturated rings. The Labute approximate surface area is 105 Å². The molecule has 0 bridgehead atoms. The van der Waals surface area contributed by atoms with Gasteiger partial charge in [0.05, 0.1) is 0 Å². The van der Waals surface area contributed by atoms with Crippen molar-refractivity contribution in [3.05, 3.63) is 0 Å². The van der Waals surface area contributed by atoms with E-state index in [9.17, 15) is 0 Å². The van der Waals surface area contributed by atoms with Crippen molar-refractivity contribution in [3.8, 4) is 0 Å². The van der Waals surface area contributed by atoms with Gasteiger partial charge in [0.1, 0.15) is 0 Å². The van der Waals surface area contributed by atoms with Crippen LogP contribution in [0.15, 0.2) is 0 Å². The first-order valence-electron chi connectivity index (χ1n) is 0. The van der Waals surface area contributed by atoms with Gasteiger partial charge < -0.3 is 16.4 Å². The maximum atomic E-state index is 0. The fourth-order valence-electron chi connectivity index (χ4n) is 0. The Kier molecular flexibility index (Phi) is 2430. The summed E-state index contributed by atoms with van der Waals surface area (Å²) in [6, 6.07) is 0. The molecule has 0 spiro atoms. The summed E-state index contributed by atoms with van der Waals surface area (Å²) in [6.45, 7) is 0. The molecule has 0 aromatic rings. The summed E-state index contributed by atoms with van der Waals surface area (Å²) in [6.07, 6.45) is 0. The Hall–Kier alpha value is 2.87. The van der Waals surface area contributed by atoms with E-state index in [1.165, 1.54) is 0 Å². The zero-order valence-electron chi connectivity index (χ0n) is 4.09. The minimum atomic E-state index is 0. The van der Waals surface area contributed by atoms with Crippen LogP contribution in [0.4, 0.5) is 0 Å². The molecule has 6 radical (unpaired) electrons. The standard InChI is InChI=1S/2Al.2Cr.3O.2P/q2*+3;;;3*-2;;. The van der Waals surface area contributed by atoms with Gasteiger partial charge in [-0.05, 0) is 0 Å². The molecule has 9 heavy (non-hydrogen) atoms. The fourth-order valence-corrected chi connectivity index (χ4v) is 0. The van der Waals surface area contributed by atoms with Crippen LogP contribution in [0.5, 0.6) is 0 Å². The molecular formula is Al2Cr2O3P2. The molecule has 9 heteroatoms. The Morgan fingerprint density at radius 1 is 0.444 bits per heavy atom. The summed E-state index contributed by atoms with van der Waals surface area (Å²) in [5.74, 6) is 0. The molecule has 0 rings (SSSR count). The minimum Gasteiger partial charge on any atom is -2.00 e. The molecule has 0 heterocycles. The van der Waals surface area contributed by atoms with E-state index in [2.05, 4.69) is 0 Å². The third kappa shape index (κ3) is 104. The van der Waals surface area contributed by atoms with Crippen molar-refractivity contribution in [2.75, 3.05) is 0 Å². The molecule has 0 N–H and O–H groups in total. The maximum Gasteiger partial charge on any atom is 3.00 e. The molecular weight excluding hydrogens is 268 g/mol. The van der Waals surface area contributed by atoms with Crippen molar-refractivity contribution in [1.29, 1.82) is 0 Å². The van der Waals surface area contributed by atoms with Gasteiger partial charge >= 0.3 is 34.7 Å². The van der Waals surface area contributed by atoms with Gasteiger partial charge in [0.25, 0.3) is 0 Å². The van der Waals surface area contributed by atoms with E-state index < -0.39 is 0 Å². The molecule has 0 aromatic heterocycles. The Bertz CT molecular complexity index is 17.8. The number of hydrogen-bond donors (Lipinski definition) is 0. The topological polar surface area (TPSA) is 85.5 Å². The van der Waals surface area contributed by atoms with E-state index in [1.807, 2.05) is 0 Å². The predicted molar refractivity (Wildman–Crippen MR) is 27.4 cm³/mol. The second kappa shape index (κ2) is 129. The van der Waals surface area contributed by atoms with E-state index in [0.29, 0.717) is 0 Å². The predicted octanol–water partition coefficient (Wildman–Crippen LogP) is 0.599. The van der Waals surface area contributed by atoms with Crippen LogP contribution in [0, 0.1) is 0 Å². The summed E-state index contributed by atoms with van der Waals surface area (Å²) in [5, 5.41) is 0. The summed E-state index contributed by atoms with van der Waals surface area (Å²) in [5.41, 5.74) is 0. The first-order valence-corrected chi connectivity index (χ1v) is 0. The molecule has 0 aliphatic rings. The number of hydrogen-bond acceptors (Lipinski definition) is 0. The van der Waals surface area contributed by atoms with Gasteiger partial charge in [0.15, 0.2) is 0 Å². The van der Waals surface area contributed by atoms with E-state index in [1.54, 1.807) is 0 Å². The largest absolute Gasteiger partial charge is 3.00 e. The molecule has 0 saturated heterocycles. The van der Waals surface area contributed by atoms with Crippen LogP contribution in [0.3, 0.4) is 0 Å². The van der Waals surface area contributed by atoms with Crippen molar-refractivity contribution < 1.29 is 51.2 Å². The molecule has 0 saturated carbocycles. The Morgan fingerprint density at radius 2 is 0.444 bits per heavy atom. The normalized spacial score (nSPS) is 0. The molecule has 0 aromatic carbocycles. The van der Waals surface area contributed by atoms with Crippen LogP contribution in [-0.4, -0.2) is 34.7 Å². The Morgan fingerprint density at radius 3 is 0.444 bits per heavy atom. The first kappa shape index (κ1) is 170. The summed E-state index contributed by atoms with van der Waals surface area (Å²) >= 11 is 0. The third-order valence-electron chi connectivity index (χ3n) is 0. The van der Waals surface area contributed by atoms with Gasteiger partial charge in [-0.15, -0.1) is 0 Å². The fraction of sp³-hybridized carbons (Fsp3) is 0. The van der Waals surface area contributed by atoms with Gasteiger partial charge in [-0.2, -0.15) is 0 Å². The average Bonchev–Trinajstić information content (AvgIpc) is 0. The number of rotatable bonds is 0. The summed E-state index contributed by atoms with van der Waals surface area (Å²) in [4.78, 5) is 0. The van der Waals surface area contributed by atoms with E-state index in [4.69, 9.17) is 0 Å². The van der Waals surface area contributed by atoms with Gasteiger partial charge in [0.2, 0.25) is 0 Å². The molecule has 46 valence electrons. The molecule has 0 amide bonds. The zero-order chi connectivity index (χ0) is 0. The van der Waals surface area contributed by atoms with Crippen LogP contribution in [0.25, 0.3) is 0 Å².